The zero-order valence-corrected chi connectivity index (χ0v) is 15.9. The van der Waals surface area contributed by atoms with Crippen LogP contribution in [0.15, 0.2) is 24.3 Å². The van der Waals surface area contributed by atoms with Crippen molar-refractivity contribution in [3.8, 4) is 5.75 Å². The Labute approximate surface area is 155 Å². The number of carbonyl (C=O) groups excluding carboxylic acids is 2. The number of nitrogens with one attached hydrogen (secondary N) is 2. The van der Waals surface area contributed by atoms with Crippen molar-refractivity contribution in [2.75, 3.05) is 27.2 Å². The van der Waals surface area contributed by atoms with E-state index in [1.165, 1.54) is 0 Å². The predicted molar refractivity (Wildman–Crippen MR) is 100 cm³/mol. The summed E-state index contributed by atoms with van der Waals surface area (Å²) in [4.78, 5) is 27.0. The van der Waals surface area contributed by atoms with Gasteiger partial charge in [-0.2, -0.15) is 0 Å². The molecular weight excluding hydrogens is 342 g/mol. The van der Waals surface area contributed by atoms with Gasteiger partial charge in [-0.3, -0.25) is 14.5 Å². The van der Waals surface area contributed by atoms with Crippen LogP contribution >= 0.6 is 12.4 Å². The van der Waals surface area contributed by atoms with E-state index in [9.17, 15) is 9.59 Å². The summed E-state index contributed by atoms with van der Waals surface area (Å²) in [6.45, 7) is 3.42. The van der Waals surface area contributed by atoms with Crippen molar-refractivity contribution in [3.05, 3.63) is 29.8 Å². The van der Waals surface area contributed by atoms with Crippen LogP contribution in [0.25, 0.3) is 0 Å². The Morgan fingerprint density at radius 1 is 1.32 bits per heavy atom. The number of hydrogen-bond acceptors (Lipinski definition) is 4. The molecule has 1 heterocycles. The number of ether oxygens (including phenoxy) is 1. The van der Waals surface area contributed by atoms with E-state index in [1.54, 1.807) is 14.2 Å². The Morgan fingerprint density at radius 3 is 2.56 bits per heavy atom. The number of benzene rings is 1. The third kappa shape index (κ3) is 5.09. The standard InChI is InChI=1S/C18H27N3O3.ClH/c1-4-11-20-17(22)15-6-5-12-21(15)16(18(23)19-2)13-7-9-14(24-3)10-8-13;/h7-10,15-16H,4-6,11-12H2,1-3H3,(H,19,23)(H,20,22);1H/t15-,16+;/m0./s1. The highest BCUT2D eigenvalue weighted by molar-refractivity contribution is 5.86. The maximum Gasteiger partial charge on any atom is 0.241 e. The van der Waals surface area contributed by atoms with Gasteiger partial charge >= 0.3 is 0 Å². The van der Waals surface area contributed by atoms with E-state index in [0.717, 1.165) is 37.1 Å². The molecule has 1 aliphatic heterocycles. The lowest BCUT2D eigenvalue weighted by atomic mass is 10.0. The first-order valence-electron chi connectivity index (χ1n) is 8.51. The fourth-order valence-electron chi connectivity index (χ4n) is 3.16. The van der Waals surface area contributed by atoms with Crippen LogP contribution in [0.3, 0.4) is 0 Å². The van der Waals surface area contributed by atoms with Crippen LogP contribution in [0, 0.1) is 0 Å². The third-order valence-corrected chi connectivity index (χ3v) is 4.40. The summed E-state index contributed by atoms with van der Waals surface area (Å²) in [6, 6.07) is 6.72. The molecule has 6 nitrogen and oxygen atoms in total. The molecule has 7 heteroatoms. The van der Waals surface area contributed by atoms with Gasteiger partial charge in [-0.1, -0.05) is 19.1 Å². The lowest BCUT2D eigenvalue weighted by Gasteiger charge is -2.31. The summed E-state index contributed by atoms with van der Waals surface area (Å²) in [5.41, 5.74) is 0.866. The van der Waals surface area contributed by atoms with E-state index in [0.29, 0.717) is 6.54 Å². The molecule has 0 saturated carbocycles. The molecule has 0 bridgehead atoms. The molecule has 0 spiro atoms. The molecule has 25 heavy (non-hydrogen) atoms. The highest BCUT2D eigenvalue weighted by atomic mass is 35.5. The number of likely N-dealkylation sites (N-methyl/N-ethyl adjacent to an activating group) is 1. The predicted octanol–water partition coefficient (Wildman–Crippen LogP) is 1.89. The van der Waals surface area contributed by atoms with Crippen LogP contribution in [0.2, 0.25) is 0 Å². The molecule has 0 aromatic heterocycles. The fourth-order valence-corrected chi connectivity index (χ4v) is 3.16. The average molecular weight is 370 g/mol. The summed E-state index contributed by atoms with van der Waals surface area (Å²) >= 11 is 0. The molecule has 0 unspecified atom stereocenters. The van der Waals surface area contributed by atoms with Crippen molar-refractivity contribution >= 4 is 24.2 Å². The zero-order valence-electron chi connectivity index (χ0n) is 15.1. The number of halogens is 1. The van der Waals surface area contributed by atoms with Gasteiger partial charge in [0.25, 0.3) is 0 Å². The van der Waals surface area contributed by atoms with Gasteiger partial charge in [-0.05, 0) is 37.0 Å². The normalized spacial score (nSPS) is 18.1. The van der Waals surface area contributed by atoms with Gasteiger partial charge in [0.1, 0.15) is 11.8 Å². The van der Waals surface area contributed by atoms with Crippen molar-refractivity contribution in [3.63, 3.8) is 0 Å². The highest BCUT2D eigenvalue weighted by Gasteiger charge is 2.38. The van der Waals surface area contributed by atoms with Gasteiger partial charge in [-0.15, -0.1) is 12.4 Å². The Bertz CT molecular complexity index is 565. The molecule has 2 rings (SSSR count). The Kier molecular flexibility index (Phi) is 8.72. The topological polar surface area (TPSA) is 70.7 Å². The van der Waals surface area contributed by atoms with Gasteiger partial charge in [-0.25, -0.2) is 0 Å². The zero-order chi connectivity index (χ0) is 17.5. The quantitative estimate of drug-likeness (QED) is 0.770. The number of methoxy groups -OCH3 is 1. The number of hydrogen-bond donors (Lipinski definition) is 2. The van der Waals surface area contributed by atoms with E-state index in [2.05, 4.69) is 10.6 Å². The Morgan fingerprint density at radius 2 is 2.00 bits per heavy atom. The fraction of sp³-hybridized carbons (Fsp3) is 0.556. The molecule has 2 N–H and O–H groups in total. The molecule has 1 fully saturated rings. The second kappa shape index (κ2) is 10.3. The van der Waals surface area contributed by atoms with E-state index >= 15 is 0 Å². The maximum atomic E-state index is 12.5. The van der Waals surface area contributed by atoms with Gasteiger partial charge in [0.2, 0.25) is 11.8 Å². The smallest absolute Gasteiger partial charge is 0.241 e. The minimum absolute atomic E-state index is 0. The van der Waals surface area contributed by atoms with Crippen molar-refractivity contribution in [1.29, 1.82) is 0 Å². The first kappa shape index (κ1) is 21.3. The van der Waals surface area contributed by atoms with Crippen LogP contribution < -0.4 is 15.4 Å². The molecule has 0 radical (unpaired) electrons. The van der Waals surface area contributed by atoms with E-state index in [4.69, 9.17) is 4.74 Å². The summed E-state index contributed by atoms with van der Waals surface area (Å²) in [5.74, 6) is 0.653. The number of rotatable bonds is 7. The average Bonchev–Trinajstić information content (AvgIpc) is 3.09. The summed E-state index contributed by atoms with van der Waals surface area (Å²) in [5, 5.41) is 5.68. The Hall–Kier alpha value is -1.79. The molecule has 2 atom stereocenters. The van der Waals surface area contributed by atoms with Crippen molar-refractivity contribution in [1.82, 2.24) is 15.5 Å². The van der Waals surface area contributed by atoms with E-state index in [-0.39, 0.29) is 30.3 Å². The van der Waals surface area contributed by atoms with Crippen LogP contribution in [0.4, 0.5) is 0 Å². The van der Waals surface area contributed by atoms with Crippen LogP contribution in [-0.2, 0) is 9.59 Å². The van der Waals surface area contributed by atoms with Crippen molar-refractivity contribution in [2.45, 2.75) is 38.3 Å². The molecule has 0 aliphatic carbocycles. The molecule has 1 saturated heterocycles. The number of amides is 2. The number of likely N-dealkylation sites (tertiary alicyclic amines) is 1. The summed E-state index contributed by atoms with van der Waals surface area (Å²) < 4.78 is 5.19. The summed E-state index contributed by atoms with van der Waals surface area (Å²) in [6.07, 6.45) is 2.59. The molecule has 1 aromatic carbocycles. The third-order valence-electron chi connectivity index (χ3n) is 4.40. The van der Waals surface area contributed by atoms with Crippen LogP contribution in [0.5, 0.6) is 5.75 Å². The number of nitrogens with zero attached hydrogens (tertiary/aromatic N) is 1. The molecular formula is C18H28ClN3O3. The van der Waals surface area contributed by atoms with Crippen molar-refractivity contribution < 1.29 is 14.3 Å². The van der Waals surface area contributed by atoms with E-state index < -0.39 is 6.04 Å². The monoisotopic (exact) mass is 369 g/mol. The highest BCUT2D eigenvalue weighted by Crippen LogP contribution is 2.30. The molecule has 1 aliphatic rings. The lowest BCUT2D eigenvalue weighted by molar-refractivity contribution is -0.131. The van der Waals surface area contributed by atoms with Gasteiger partial charge < -0.3 is 15.4 Å². The van der Waals surface area contributed by atoms with E-state index in [1.807, 2.05) is 36.1 Å². The minimum Gasteiger partial charge on any atom is -0.497 e. The Balaban J connectivity index is 0.00000312. The molecule has 1 aromatic rings. The minimum atomic E-state index is -0.471. The van der Waals surface area contributed by atoms with Crippen LogP contribution in [-0.4, -0.2) is 50.0 Å². The summed E-state index contributed by atoms with van der Waals surface area (Å²) in [7, 11) is 3.24. The van der Waals surface area contributed by atoms with Gasteiger partial charge in [0, 0.05) is 20.1 Å². The van der Waals surface area contributed by atoms with Crippen molar-refractivity contribution in [2.24, 2.45) is 0 Å². The SMILES string of the molecule is CCCNC(=O)[C@@H]1CCCN1[C@@H](C(=O)NC)c1ccc(OC)cc1.Cl. The number of carbonyl (C=O) groups is 2. The molecule has 2 amide bonds. The lowest BCUT2D eigenvalue weighted by Crippen LogP contribution is -2.48. The van der Waals surface area contributed by atoms with Gasteiger partial charge in [0.05, 0.1) is 13.2 Å². The largest absolute Gasteiger partial charge is 0.497 e. The second-order valence-electron chi connectivity index (χ2n) is 5.98. The first-order valence-corrected chi connectivity index (χ1v) is 8.51. The second-order valence-corrected chi connectivity index (χ2v) is 5.98. The maximum absolute atomic E-state index is 12.5. The van der Waals surface area contributed by atoms with Crippen LogP contribution in [0.1, 0.15) is 37.8 Å². The molecule has 140 valence electrons. The van der Waals surface area contributed by atoms with Gasteiger partial charge in [0.15, 0.2) is 0 Å². The first-order chi connectivity index (χ1) is 11.6.